The lowest BCUT2D eigenvalue weighted by molar-refractivity contribution is -0.116. The third kappa shape index (κ3) is 4.15. The molecule has 8 heteroatoms. The van der Waals surface area contributed by atoms with Crippen LogP contribution in [0.2, 0.25) is 0 Å². The summed E-state index contributed by atoms with van der Waals surface area (Å²) in [7, 11) is 0. The second-order valence-corrected chi connectivity index (χ2v) is 7.69. The van der Waals surface area contributed by atoms with Crippen LogP contribution in [0, 0.1) is 24.3 Å². The zero-order valence-electron chi connectivity index (χ0n) is 14.1. The Balaban J connectivity index is 2.07. The van der Waals surface area contributed by atoms with E-state index >= 15 is 0 Å². The first-order valence-corrected chi connectivity index (χ1v) is 9.49. The van der Waals surface area contributed by atoms with Gasteiger partial charge in [-0.1, -0.05) is 0 Å². The average Bonchev–Trinajstić information content (AvgIpc) is 2.98. The van der Waals surface area contributed by atoms with Gasteiger partial charge in [-0.3, -0.25) is 9.48 Å². The van der Waals surface area contributed by atoms with Crippen molar-refractivity contribution in [2.75, 3.05) is 11.9 Å². The standard InChI is InChI=1S/C16H20IN3O3S/c1-5-23-16(22)14-9(2)11(4)24-15(14)19-13(21)6-7-20-10(3)12(17)8-18-20/h8H,5-7H2,1-4H3,(H,19,21). The van der Waals surface area contributed by atoms with Crippen molar-refractivity contribution in [3.8, 4) is 0 Å². The minimum absolute atomic E-state index is 0.147. The highest BCUT2D eigenvalue weighted by Gasteiger charge is 2.22. The van der Waals surface area contributed by atoms with Crippen molar-refractivity contribution in [3.05, 3.63) is 31.5 Å². The number of hydrogen-bond donors (Lipinski definition) is 1. The molecule has 2 aromatic heterocycles. The van der Waals surface area contributed by atoms with Gasteiger partial charge < -0.3 is 10.1 Å². The lowest BCUT2D eigenvalue weighted by atomic mass is 10.1. The number of aryl methyl sites for hydroxylation is 2. The van der Waals surface area contributed by atoms with E-state index in [-0.39, 0.29) is 12.3 Å². The fraction of sp³-hybridized carbons (Fsp3) is 0.438. The highest BCUT2D eigenvalue weighted by atomic mass is 127. The molecule has 0 aliphatic carbocycles. The maximum atomic E-state index is 12.3. The first-order valence-electron chi connectivity index (χ1n) is 7.60. The maximum Gasteiger partial charge on any atom is 0.341 e. The Morgan fingerprint density at radius 3 is 2.67 bits per heavy atom. The van der Waals surface area contributed by atoms with Crippen LogP contribution in [0.1, 0.15) is 39.8 Å². The van der Waals surface area contributed by atoms with E-state index in [1.807, 2.05) is 20.8 Å². The normalized spacial score (nSPS) is 10.7. The molecule has 130 valence electrons. The van der Waals surface area contributed by atoms with E-state index in [9.17, 15) is 9.59 Å². The molecule has 1 amide bonds. The van der Waals surface area contributed by atoms with E-state index < -0.39 is 5.97 Å². The minimum atomic E-state index is -0.396. The third-order valence-electron chi connectivity index (χ3n) is 3.71. The van der Waals surface area contributed by atoms with E-state index in [1.165, 1.54) is 11.3 Å². The van der Waals surface area contributed by atoms with Gasteiger partial charge in [0, 0.05) is 17.0 Å². The second-order valence-electron chi connectivity index (χ2n) is 5.31. The van der Waals surface area contributed by atoms with Crippen LogP contribution in [0.3, 0.4) is 0 Å². The van der Waals surface area contributed by atoms with E-state index in [4.69, 9.17) is 4.74 Å². The summed E-state index contributed by atoms with van der Waals surface area (Å²) in [5.41, 5.74) is 2.35. The number of amides is 1. The number of anilines is 1. The monoisotopic (exact) mass is 461 g/mol. The summed E-state index contributed by atoms with van der Waals surface area (Å²) in [4.78, 5) is 25.4. The quantitative estimate of drug-likeness (QED) is 0.526. The summed E-state index contributed by atoms with van der Waals surface area (Å²) in [6.45, 7) is 8.32. The molecule has 0 saturated carbocycles. The zero-order chi connectivity index (χ0) is 17.9. The Hall–Kier alpha value is -1.42. The van der Waals surface area contributed by atoms with Gasteiger partial charge in [-0.2, -0.15) is 5.10 Å². The number of carbonyl (C=O) groups excluding carboxylic acids is 2. The molecule has 2 heterocycles. The van der Waals surface area contributed by atoms with Crippen molar-refractivity contribution in [2.45, 2.75) is 40.7 Å². The van der Waals surface area contributed by atoms with Crippen molar-refractivity contribution in [2.24, 2.45) is 0 Å². The Morgan fingerprint density at radius 1 is 1.38 bits per heavy atom. The molecular weight excluding hydrogens is 441 g/mol. The summed E-state index contributed by atoms with van der Waals surface area (Å²) in [5, 5.41) is 7.64. The maximum absolute atomic E-state index is 12.3. The van der Waals surface area contributed by atoms with E-state index in [0.29, 0.717) is 23.7 Å². The van der Waals surface area contributed by atoms with Gasteiger partial charge in [-0.05, 0) is 55.8 Å². The number of esters is 1. The predicted octanol–water partition coefficient (Wildman–Crippen LogP) is 3.68. The Labute approximate surface area is 158 Å². The van der Waals surface area contributed by atoms with Gasteiger partial charge >= 0.3 is 5.97 Å². The van der Waals surface area contributed by atoms with Crippen LogP contribution in [0.15, 0.2) is 6.20 Å². The molecule has 0 fully saturated rings. The van der Waals surface area contributed by atoms with E-state index in [2.05, 4.69) is 33.0 Å². The first kappa shape index (κ1) is 18.9. The summed E-state index contributed by atoms with van der Waals surface area (Å²) >= 11 is 3.61. The highest BCUT2D eigenvalue weighted by Crippen LogP contribution is 2.33. The van der Waals surface area contributed by atoms with Crippen molar-refractivity contribution < 1.29 is 14.3 Å². The summed E-state index contributed by atoms with van der Waals surface area (Å²) < 4.78 is 7.97. The molecule has 0 bridgehead atoms. The number of halogens is 1. The van der Waals surface area contributed by atoms with Crippen LogP contribution in [0.25, 0.3) is 0 Å². The molecular formula is C16H20IN3O3S. The Kier molecular flexibility index (Phi) is 6.39. The van der Waals surface area contributed by atoms with Crippen LogP contribution >= 0.6 is 33.9 Å². The second kappa shape index (κ2) is 8.11. The van der Waals surface area contributed by atoms with E-state index in [1.54, 1.807) is 17.8 Å². The average molecular weight is 461 g/mol. The molecule has 2 rings (SSSR count). The number of nitrogens with one attached hydrogen (secondary N) is 1. The molecule has 0 unspecified atom stereocenters. The fourth-order valence-corrected chi connectivity index (χ4v) is 3.68. The summed E-state index contributed by atoms with van der Waals surface area (Å²) in [6.07, 6.45) is 2.06. The predicted molar refractivity (Wildman–Crippen MR) is 103 cm³/mol. The van der Waals surface area contributed by atoms with Crippen molar-refractivity contribution in [1.82, 2.24) is 9.78 Å². The molecule has 2 aromatic rings. The van der Waals surface area contributed by atoms with Gasteiger partial charge in [-0.25, -0.2) is 4.79 Å². The summed E-state index contributed by atoms with van der Waals surface area (Å²) in [5.74, 6) is -0.543. The molecule has 0 atom stereocenters. The van der Waals surface area contributed by atoms with Crippen LogP contribution in [-0.2, 0) is 16.1 Å². The van der Waals surface area contributed by atoms with Crippen molar-refractivity contribution in [3.63, 3.8) is 0 Å². The van der Waals surface area contributed by atoms with Crippen molar-refractivity contribution in [1.29, 1.82) is 0 Å². The zero-order valence-corrected chi connectivity index (χ0v) is 17.1. The van der Waals surface area contributed by atoms with Gasteiger partial charge in [0.05, 0.1) is 28.5 Å². The molecule has 6 nitrogen and oxygen atoms in total. The minimum Gasteiger partial charge on any atom is -0.462 e. The van der Waals surface area contributed by atoms with Gasteiger partial charge in [0.2, 0.25) is 5.91 Å². The van der Waals surface area contributed by atoms with Gasteiger partial charge in [0.15, 0.2) is 0 Å². The van der Waals surface area contributed by atoms with Gasteiger partial charge in [-0.15, -0.1) is 11.3 Å². The fourth-order valence-electron chi connectivity index (χ4n) is 2.21. The number of ether oxygens (including phenoxy) is 1. The number of hydrogen-bond acceptors (Lipinski definition) is 5. The molecule has 0 spiro atoms. The van der Waals surface area contributed by atoms with Crippen LogP contribution in [0.4, 0.5) is 5.00 Å². The number of carbonyl (C=O) groups is 2. The van der Waals surface area contributed by atoms with Gasteiger partial charge in [0.1, 0.15) is 5.00 Å². The largest absolute Gasteiger partial charge is 0.462 e. The molecule has 1 N–H and O–H groups in total. The van der Waals surface area contributed by atoms with Crippen LogP contribution < -0.4 is 5.32 Å². The Morgan fingerprint density at radius 2 is 2.08 bits per heavy atom. The van der Waals surface area contributed by atoms with Crippen LogP contribution in [0.5, 0.6) is 0 Å². The van der Waals surface area contributed by atoms with Gasteiger partial charge in [0.25, 0.3) is 0 Å². The Bertz CT molecular complexity index is 767. The lowest BCUT2D eigenvalue weighted by Crippen LogP contribution is -2.17. The van der Waals surface area contributed by atoms with Crippen LogP contribution in [-0.4, -0.2) is 28.3 Å². The number of aromatic nitrogens is 2. The summed E-state index contributed by atoms with van der Waals surface area (Å²) in [6, 6.07) is 0. The molecule has 0 aromatic carbocycles. The molecule has 24 heavy (non-hydrogen) atoms. The smallest absolute Gasteiger partial charge is 0.341 e. The number of thiophene rings is 1. The number of rotatable bonds is 6. The molecule has 0 aliphatic heterocycles. The number of nitrogens with zero attached hydrogens (tertiary/aromatic N) is 2. The van der Waals surface area contributed by atoms with Crippen molar-refractivity contribution >= 4 is 50.8 Å². The molecule has 0 aliphatic rings. The third-order valence-corrected chi connectivity index (χ3v) is 5.89. The first-order chi connectivity index (χ1) is 11.3. The SMILES string of the molecule is CCOC(=O)c1c(NC(=O)CCn2ncc(I)c2C)sc(C)c1C. The highest BCUT2D eigenvalue weighted by molar-refractivity contribution is 14.1. The van der Waals surface area contributed by atoms with E-state index in [0.717, 1.165) is 19.7 Å². The molecule has 0 saturated heterocycles. The topological polar surface area (TPSA) is 73.2 Å². The lowest BCUT2D eigenvalue weighted by Gasteiger charge is -2.08. The molecule has 0 radical (unpaired) electrons.